The Hall–Kier alpha value is -2.75. The zero-order chi connectivity index (χ0) is 18.1. The van der Waals surface area contributed by atoms with Gasteiger partial charge in [-0.05, 0) is 36.6 Å². The monoisotopic (exact) mass is 349 g/mol. The third kappa shape index (κ3) is 2.96. The summed E-state index contributed by atoms with van der Waals surface area (Å²) in [5.41, 5.74) is 3.51. The number of carbonyl (C=O) groups excluding carboxylic acids is 1. The van der Waals surface area contributed by atoms with Crippen LogP contribution in [0.2, 0.25) is 0 Å². The molecule has 4 heteroatoms. The number of hydrogen-bond acceptors (Lipinski definition) is 3. The van der Waals surface area contributed by atoms with Crippen molar-refractivity contribution in [1.82, 2.24) is 4.90 Å². The summed E-state index contributed by atoms with van der Waals surface area (Å²) in [6.07, 6.45) is 1.18. The number of benzene rings is 2. The van der Waals surface area contributed by atoms with E-state index in [1.165, 1.54) is 11.1 Å². The highest BCUT2D eigenvalue weighted by molar-refractivity contribution is 5.80. The van der Waals surface area contributed by atoms with E-state index in [2.05, 4.69) is 12.1 Å². The smallest absolute Gasteiger partial charge is 0.225 e. The average molecular weight is 349 g/mol. The second-order valence-electron chi connectivity index (χ2n) is 6.86. The van der Waals surface area contributed by atoms with Crippen molar-refractivity contribution in [2.24, 2.45) is 5.92 Å². The minimum Gasteiger partial charge on any atom is -0.497 e. The summed E-state index contributed by atoms with van der Waals surface area (Å²) in [4.78, 5) is 14.5. The second kappa shape index (κ2) is 6.87. The maximum absolute atomic E-state index is 12.6. The van der Waals surface area contributed by atoms with Gasteiger partial charge in [0.2, 0.25) is 5.91 Å². The van der Waals surface area contributed by atoms with Gasteiger partial charge in [0.15, 0.2) is 6.23 Å². The lowest BCUT2D eigenvalue weighted by Crippen LogP contribution is -2.47. The lowest BCUT2D eigenvalue weighted by atomic mass is 9.85. The summed E-state index contributed by atoms with van der Waals surface area (Å²) in [7, 11) is 1.65. The molecule has 2 aliphatic rings. The fourth-order valence-electron chi connectivity index (χ4n) is 4.00. The molecule has 4 nitrogen and oxygen atoms in total. The van der Waals surface area contributed by atoms with Crippen molar-refractivity contribution < 1.29 is 14.3 Å². The summed E-state index contributed by atoms with van der Waals surface area (Å²) in [6, 6.07) is 18.2. The lowest BCUT2D eigenvalue weighted by Gasteiger charge is -2.37. The van der Waals surface area contributed by atoms with Crippen molar-refractivity contribution in [3.63, 3.8) is 0 Å². The maximum atomic E-state index is 12.6. The number of fused-ring (bicyclic) bond motifs is 1. The van der Waals surface area contributed by atoms with Gasteiger partial charge in [0.25, 0.3) is 0 Å². The van der Waals surface area contributed by atoms with E-state index >= 15 is 0 Å². The topological polar surface area (TPSA) is 38.8 Å². The summed E-state index contributed by atoms with van der Waals surface area (Å²) in [5, 5.41) is 0. The molecule has 2 atom stereocenters. The van der Waals surface area contributed by atoms with Crippen molar-refractivity contribution in [1.29, 1.82) is 0 Å². The number of allylic oxidation sites excluding steroid dienone is 1. The Bertz CT molecular complexity index is 826. The molecule has 2 aromatic rings. The van der Waals surface area contributed by atoms with E-state index < -0.39 is 0 Å². The summed E-state index contributed by atoms with van der Waals surface area (Å²) in [5.74, 6) is 2.13. The summed E-state index contributed by atoms with van der Waals surface area (Å²) >= 11 is 0. The first-order valence-electron chi connectivity index (χ1n) is 9.02. The van der Waals surface area contributed by atoms with Gasteiger partial charge in [-0.25, -0.2) is 0 Å². The molecular formula is C22H23NO3. The standard InChI is InChI=1S/C22H23NO3/c1-15-21(17-6-4-3-5-7-17)19-12-13-20(24)23(22(19)26-15)14-16-8-10-18(25-2)11-9-16/h3-11,19,22H,12-14H2,1-2H3/t19-,22+/m1/s1. The predicted molar refractivity (Wildman–Crippen MR) is 100 cm³/mol. The van der Waals surface area contributed by atoms with Gasteiger partial charge in [0.05, 0.1) is 7.11 Å². The molecular weight excluding hydrogens is 326 g/mol. The fourth-order valence-corrected chi connectivity index (χ4v) is 4.00. The van der Waals surface area contributed by atoms with Crippen LogP contribution in [0.4, 0.5) is 0 Å². The molecule has 0 radical (unpaired) electrons. The zero-order valence-electron chi connectivity index (χ0n) is 15.1. The lowest BCUT2D eigenvalue weighted by molar-refractivity contribution is -0.151. The van der Waals surface area contributed by atoms with Gasteiger partial charge >= 0.3 is 0 Å². The Kier molecular flexibility index (Phi) is 4.41. The molecule has 0 aliphatic carbocycles. The molecule has 0 bridgehead atoms. The van der Waals surface area contributed by atoms with Crippen LogP contribution in [0.5, 0.6) is 5.75 Å². The van der Waals surface area contributed by atoms with E-state index in [1.807, 2.05) is 54.3 Å². The first-order chi connectivity index (χ1) is 12.7. The largest absolute Gasteiger partial charge is 0.497 e. The molecule has 2 aliphatic heterocycles. The van der Waals surface area contributed by atoms with Crippen molar-refractivity contribution in [2.75, 3.05) is 7.11 Å². The van der Waals surface area contributed by atoms with Gasteiger partial charge in [-0.3, -0.25) is 4.79 Å². The molecule has 1 fully saturated rings. The number of piperidine rings is 1. The minimum absolute atomic E-state index is 0.157. The number of amides is 1. The molecule has 1 amide bonds. The molecule has 1 saturated heterocycles. The van der Waals surface area contributed by atoms with Crippen LogP contribution < -0.4 is 4.74 Å². The maximum Gasteiger partial charge on any atom is 0.225 e. The van der Waals surface area contributed by atoms with Gasteiger partial charge < -0.3 is 14.4 Å². The number of ether oxygens (including phenoxy) is 2. The second-order valence-corrected chi connectivity index (χ2v) is 6.86. The average Bonchev–Trinajstić information content (AvgIpc) is 3.01. The van der Waals surface area contributed by atoms with Crippen LogP contribution in [0.15, 0.2) is 60.4 Å². The molecule has 0 spiro atoms. The number of hydrogen-bond donors (Lipinski definition) is 0. The molecule has 0 unspecified atom stereocenters. The highest BCUT2D eigenvalue weighted by atomic mass is 16.5. The molecule has 2 heterocycles. The fraction of sp³-hybridized carbons (Fsp3) is 0.318. The van der Waals surface area contributed by atoms with E-state index in [-0.39, 0.29) is 18.1 Å². The molecule has 0 N–H and O–H groups in total. The Morgan fingerprint density at radius 2 is 1.85 bits per heavy atom. The Morgan fingerprint density at radius 1 is 1.12 bits per heavy atom. The normalized spacial score (nSPS) is 22.2. The number of nitrogens with zero attached hydrogens (tertiary/aromatic N) is 1. The van der Waals surface area contributed by atoms with Crippen LogP contribution in [0, 0.1) is 5.92 Å². The number of rotatable bonds is 4. The SMILES string of the molecule is COc1ccc(CN2C(=O)CC[C@@H]3C(c4ccccc4)=C(C)O[C@@H]32)cc1. The molecule has 26 heavy (non-hydrogen) atoms. The van der Waals surface area contributed by atoms with Gasteiger partial charge in [-0.2, -0.15) is 0 Å². The Morgan fingerprint density at radius 3 is 2.54 bits per heavy atom. The van der Waals surface area contributed by atoms with Gasteiger partial charge in [0, 0.05) is 24.5 Å². The Labute approximate surface area is 154 Å². The van der Waals surface area contributed by atoms with E-state index in [0.717, 1.165) is 23.5 Å². The van der Waals surface area contributed by atoms with Crippen LogP contribution in [0.25, 0.3) is 5.57 Å². The van der Waals surface area contributed by atoms with E-state index in [1.54, 1.807) is 7.11 Å². The van der Waals surface area contributed by atoms with Crippen LogP contribution in [0.3, 0.4) is 0 Å². The number of methoxy groups -OCH3 is 1. The molecule has 0 aromatic heterocycles. The third-order valence-electron chi connectivity index (χ3n) is 5.29. The third-order valence-corrected chi connectivity index (χ3v) is 5.29. The summed E-state index contributed by atoms with van der Waals surface area (Å²) in [6.45, 7) is 2.57. The van der Waals surface area contributed by atoms with E-state index in [0.29, 0.717) is 13.0 Å². The van der Waals surface area contributed by atoms with Gasteiger partial charge in [0.1, 0.15) is 11.5 Å². The first-order valence-corrected chi connectivity index (χ1v) is 9.02. The molecule has 4 rings (SSSR count). The number of likely N-dealkylation sites (tertiary alicyclic amines) is 1. The van der Waals surface area contributed by atoms with Crippen LogP contribution in [-0.2, 0) is 16.1 Å². The van der Waals surface area contributed by atoms with E-state index in [9.17, 15) is 4.79 Å². The molecule has 134 valence electrons. The van der Waals surface area contributed by atoms with Gasteiger partial charge in [-0.1, -0.05) is 42.5 Å². The quantitative estimate of drug-likeness (QED) is 0.829. The highest BCUT2D eigenvalue weighted by Gasteiger charge is 2.44. The van der Waals surface area contributed by atoms with Crippen LogP contribution in [0.1, 0.15) is 30.9 Å². The first kappa shape index (κ1) is 16.7. The Balaban J connectivity index is 1.58. The van der Waals surface area contributed by atoms with E-state index in [4.69, 9.17) is 9.47 Å². The summed E-state index contributed by atoms with van der Waals surface area (Å²) < 4.78 is 11.4. The van der Waals surface area contributed by atoms with Crippen molar-refractivity contribution in [3.8, 4) is 5.75 Å². The van der Waals surface area contributed by atoms with Crippen LogP contribution >= 0.6 is 0 Å². The van der Waals surface area contributed by atoms with Crippen LogP contribution in [-0.4, -0.2) is 24.1 Å². The zero-order valence-corrected chi connectivity index (χ0v) is 15.1. The molecule has 2 aromatic carbocycles. The van der Waals surface area contributed by atoms with Crippen molar-refractivity contribution in [3.05, 3.63) is 71.5 Å². The van der Waals surface area contributed by atoms with Crippen molar-refractivity contribution in [2.45, 2.75) is 32.5 Å². The van der Waals surface area contributed by atoms with Crippen molar-refractivity contribution >= 4 is 11.5 Å². The molecule has 0 saturated carbocycles. The number of carbonyl (C=O) groups is 1. The van der Waals surface area contributed by atoms with Gasteiger partial charge in [-0.15, -0.1) is 0 Å². The predicted octanol–water partition coefficient (Wildman–Crippen LogP) is 4.22. The highest BCUT2D eigenvalue weighted by Crippen LogP contribution is 2.44. The minimum atomic E-state index is -0.214.